The summed E-state index contributed by atoms with van der Waals surface area (Å²) in [4.78, 5) is 12.3. The fraction of sp³-hybridized carbons (Fsp3) is 0.192. The highest BCUT2D eigenvalue weighted by atomic mass is 16.5. The molecule has 0 atom stereocenters. The highest BCUT2D eigenvalue weighted by Crippen LogP contribution is 2.29. The number of rotatable bonds is 7. The minimum atomic E-state index is -0.178. The zero-order valence-electron chi connectivity index (χ0n) is 17.9. The van der Waals surface area contributed by atoms with Crippen molar-refractivity contribution in [2.75, 3.05) is 12.4 Å². The first kappa shape index (κ1) is 21.2. The molecule has 0 heterocycles. The number of carbonyl (C=O) groups is 1. The standard InChI is InChI=1S/C26H27NO3/c1-18-9-7-11-23(20(18)3)27-26(28)15-13-21-12-14-24(25(16-21)29-4)30-17-22-10-6-5-8-19(22)2/h5-16H,17H2,1-4H3,(H,27,28). The van der Waals surface area contributed by atoms with Gasteiger partial charge in [0.2, 0.25) is 5.91 Å². The molecule has 0 radical (unpaired) electrons. The summed E-state index contributed by atoms with van der Waals surface area (Å²) in [5, 5.41) is 2.92. The van der Waals surface area contributed by atoms with E-state index in [0.29, 0.717) is 18.1 Å². The van der Waals surface area contributed by atoms with Crippen LogP contribution < -0.4 is 14.8 Å². The average Bonchev–Trinajstić information content (AvgIpc) is 2.75. The molecule has 0 bridgehead atoms. The topological polar surface area (TPSA) is 47.6 Å². The van der Waals surface area contributed by atoms with Crippen LogP contribution in [-0.4, -0.2) is 13.0 Å². The Labute approximate surface area is 178 Å². The summed E-state index contributed by atoms with van der Waals surface area (Å²) in [7, 11) is 1.61. The van der Waals surface area contributed by atoms with Crippen molar-refractivity contribution >= 4 is 17.7 Å². The SMILES string of the molecule is COc1cc(C=CC(=O)Nc2cccc(C)c2C)ccc1OCc1ccccc1C. The van der Waals surface area contributed by atoms with E-state index in [2.05, 4.69) is 18.3 Å². The van der Waals surface area contributed by atoms with Crippen molar-refractivity contribution in [2.45, 2.75) is 27.4 Å². The number of nitrogens with one attached hydrogen (secondary N) is 1. The van der Waals surface area contributed by atoms with E-state index in [0.717, 1.165) is 27.9 Å². The van der Waals surface area contributed by atoms with Gasteiger partial charge in [-0.3, -0.25) is 4.79 Å². The van der Waals surface area contributed by atoms with Gasteiger partial charge in [-0.1, -0.05) is 42.5 Å². The van der Waals surface area contributed by atoms with Gasteiger partial charge in [-0.15, -0.1) is 0 Å². The molecule has 4 nitrogen and oxygen atoms in total. The minimum Gasteiger partial charge on any atom is -0.493 e. The second-order valence-electron chi connectivity index (χ2n) is 7.20. The lowest BCUT2D eigenvalue weighted by molar-refractivity contribution is -0.111. The fourth-order valence-electron chi connectivity index (χ4n) is 3.07. The molecule has 1 amide bonds. The van der Waals surface area contributed by atoms with Crippen molar-refractivity contribution in [3.05, 3.63) is 94.6 Å². The molecule has 30 heavy (non-hydrogen) atoms. The average molecular weight is 402 g/mol. The van der Waals surface area contributed by atoms with Crippen LogP contribution in [0, 0.1) is 20.8 Å². The van der Waals surface area contributed by atoms with Gasteiger partial charge in [0.1, 0.15) is 6.61 Å². The Morgan fingerprint density at radius 1 is 0.933 bits per heavy atom. The van der Waals surface area contributed by atoms with E-state index in [4.69, 9.17) is 9.47 Å². The van der Waals surface area contributed by atoms with Crippen LogP contribution in [-0.2, 0) is 11.4 Å². The molecular formula is C26H27NO3. The molecule has 3 aromatic rings. The quantitative estimate of drug-likeness (QED) is 0.505. The lowest BCUT2D eigenvalue weighted by Gasteiger charge is -2.12. The van der Waals surface area contributed by atoms with Crippen molar-refractivity contribution in [3.8, 4) is 11.5 Å². The molecule has 154 valence electrons. The molecule has 3 rings (SSSR count). The highest BCUT2D eigenvalue weighted by molar-refractivity contribution is 6.02. The van der Waals surface area contributed by atoms with Crippen LogP contribution in [0.5, 0.6) is 11.5 Å². The van der Waals surface area contributed by atoms with Crippen LogP contribution in [0.25, 0.3) is 6.08 Å². The number of amides is 1. The summed E-state index contributed by atoms with van der Waals surface area (Å²) in [5.74, 6) is 1.11. The van der Waals surface area contributed by atoms with Gasteiger partial charge in [0.05, 0.1) is 7.11 Å². The zero-order chi connectivity index (χ0) is 21.5. The summed E-state index contributed by atoms with van der Waals surface area (Å²) >= 11 is 0. The largest absolute Gasteiger partial charge is 0.493 e. The number of benzene rings is 3. The van der Waals surface area contributed by atoms with Crippen LogP contribution in [0.3, 0.4) is 0 Å². The minimum absolute atomic E-state index is 0.178. The monoisotopic (exact) mass is 401 g/mol. The molecule has 4 heteroatoms. The van der Waals surface area contributed by atoms with Gasteiger partial charge in [-0.25, -0.2) is 0 Å². The number of hydrogen-bond acceptors (Lipinski definition) is 3. The van der Waals surface area contributed by atoms with Gasteiger partial charge in [-0.2, -0.15) is 0 Å². The number of methoxy groups -OCH3 is 1. The molecule has 0 unspecified atom stereocenters. The van der Waals surface area contributed by atoms with Gasteiger partial charge in [0, 0.05) is 11.8 Å². The maximum atomic E-state index is 12.3. The Morgan fingerprint density at radius 3 is 2.47 bits per heavy atom. The van der Waals surface area contributed by atoms with Gasteiger partial charge in [-0.05, 0) is 72.9 Å². The first-order chi connectivity index (χ1) is 14.5. The summed E-state index contributed by atoms with van der Waals surface area (Å²) < 4.78 is 11.4. The van der Waals surface area contributed by atoms with E-state index >= 15 is 0 Å². The lowest BCUT2D eigenvalue weighted by Crippen LogP contribution is -2.09. The van der Waals surface area contributed by atoms with Gasteiger partial charge in [0.15, 0.2) is 11.5 Å². The Bertz CT molecular complexity index is 1070. The summed E-state index contributed by atoms with van der Waals surface area (Å²) in [6.45, 7) is 6.55. The first-order valence-electron chi connectivity index (χ1n) is 9.88. The van der Waals surface area contributed by atoms with Crippen LogP contribution in [0.2, 0.25) is 0 Å². The fourth-order valence-corrected chi connectivity index (χ4v) is 3.07. The maximum absolute atomic E-state index is 12.3. The van der Waals surface area contributed by atoms with Crippen molar-refractivity contribution in [1.29, 1.82) is 0 Å². The van der Waals surface area contributed by atoms with E-state index in [1.54, 1.807) is 13.2 Å². The van der Waals surface area contributed by atoms with Crippen molar-refractivity contribution < 1.29 is 14.3 Å². The molecule has 0 aliphatic carbocycles. The van der Waals surface area contributed by atoms with Gasteiger partial charge < -0.3 is 14.8 Å². The van der Waals surface area contributed by atoms with E-state index in [-0.39, 0.29) is 5.91 Å². The Kier molecular flexibility index (Phi) is 6.91. The third kappa shape index (κ3) is 5.29. The third-order valence-electron chi connectivity index (χ3n) is 5.12. The number of ether oxygens (including phenoxy) is 2. The second-order valence-corrected chi connectivity index (χ2v) is 7.20. The third-order valence-corrected chi connectivity index (χ3v) is 5.12. The summed E-state index contributed by atoms with van der Waals surface area (Å²) in [6.07, 6.45) is 3.28. The van der Waals surface area contributed by atoms with Crippen LogP contribution >= 0.6 is 0 Å². The van der Waals surface area contributed by atoms with E-state index in [9.17, 15) is 4.79 Å². The predicted molar refractivity (Wildman–Crippen MR) is 122 cm³/mol. The molecule has 0 spiro atoms. The normalized spacial score (nSPS) is 10.8. The van der Waals surface area contributed by atoms with E-state index < -0.39 is 0 Å². The summed E-state index contributed by atoms with van der Waals surface area (Å²) in [6, 6.07) is 19.6. The smallest absolute Gasteiger partial charge is 0.248 e. The van der Waals surface area contributed by atoms with Crippen LogP contribution in [0.4, 0.5) is 5.69 Å². The maximum Gasteiger partial charge on any atom is 0.248 e. The molecule has 3 aromatic carbocycles. The van der Waals surface area contributed by atoms with Crippen molar-refractivity contribution in [2.24, 2.45) is 0 Å². The molecule has 0 aromatic heterocycles. The first-order valence-corrected chi connectivity index (χ1v) is 9.88. The Morgan fingerprint density at radius 2 is 1.70 bits per heavy atom. The molecular weight excluding hydrogens is 374 g/mol. The second kappa shape index (κ2) is 9.79. The molecule has 0 saturated heterocycles. The number of anilines is 1. The molecule has 0 saturated carbocycles. The zero-order valence-corrected chi connectivity index (χ0v) is 17.9. The van der Waals surface area contributed by atoms with Crippen molar-refractivity contribution in [3.63, 3.8) is 0 Å². The molecule has 0 aliphatic rings. The van der Waals surface area contributed by atoms with Crippen LogP contribution in [0.15, 0.2) is 66.7 Å². The molecule has 0 fully saturated rings. The number of aryl methyl sites for hydroxylation is 2. The van der Waals surface area contributed by atoms with E-state index in [1.807, 2.05) is 68.4 Å². The van der Waals surface area contributed by atoms with E-state index in [1.165, 1.54) is 11.6 Å². The van der Waals surface area contributed by atoms with Crippen LogP contribution in [0.1, 0.15) is 27.8 Å². The number of hydrogen-bond donors (Lipinski definition) is 1. The van der Waals surface area contributed by atoms with Gasteiger partial charge in [0.25, 0.3) is 0 Å². The Balaban J connectivity index is 1.67. The Hall–Kier alpha value is -3.53. The lowest BCUT2D eigenvalue weighted by atomic mass is 10.1. The van der Waals surface area contributed by atoms with Crippen molar-refractivity contribution in [1.82, 2.24) is 0 Å². The predicted octanol–water partition coefficient (Wildman–Crippen LogP) is 5.85. The number of carbonyl (C=O) groups excluding carboxylic acids is 1. The molecule has 1 N–H and O–H groups in total. The van der Waals surface area contributed by atoms with Gasteiger partial charge >= 0.3 is 0 Å². The summed E-state index contributed by atoms with van der Waals surface area (Å²) in [5.41, 5.74) is 6.20. The highest BCUT2D eigenvalue weighted by Gasteiger charge is 2.07. The molecule has 0 aliphatic heterocycles.